The largest absolute Gasteiger partial charge is 0.372 e. The SMILES string of the molecule is O=C(Cc1cc(Br)ccc1F)c1ccc2c(c1)COC2. The fourth-order valence-corrected chi connectivity index (χ4v) is 2.71. The third kappa shape index (κ3) is 2.67. The van der Waals surface area contributed by atoms with Crippen molar-refractivity contribution in [1.82, 2.24) is 0 Å². The Labute approximate surface area is 124 Å². The summed E-state index contributed by atoms with van der Waals surface area (Å²) in [5.74, 6) is -0.442. The van der Waals surface area contributed by atoms with Crippen LogP contribution in [0.2, 0.25) is 0 Å². The van der Waals surface area contributed by atoms with Crippen molar-refractivity contribution < 1.29 is 13.9 Å². The van der Waals surface area contributed by atoms with Crippen LogP contribution < -0.4 is 0 Å². The van der Waals surface area contributed by atoms with E-state index in [-0.39, 0.29) is 18.0 Å². The lowest BCUT2D eigenvalue weighted by molar-refractivity contribution is 0.0991. The molecule has 20 heavy (non-hydrogen) atoms. The van der Waals surface area contributed by atoms with Crippen LogP contribution in [0.3, 0.4) is 0 Å². The van der Waals surface area contributed by atoms with Gasteiger partial charge < -0.3 is 4.74 Å². The van der Waals surface area contributed by atoms with Gasteiger partial charge in [0.1, 0.15) is 5.82 Å². The highest BCUT2D eigenvalue weighted by atomic mass is 79.9. The van der Waals surface area contributed by atoms with Gasteiger partial charge in [-0.1, -0.05) is 28.1 Å². The third-order valence-electron chi connectivity index (χ3n) is 3.40. The van der Waals surface area contributed by atoms with E-state index < -0.39 is 0 Å². The molecule has 0 atom stereocenters. The van der Waals surface area contributed by atoms with Gasteiger partial charge in [0.2, 0.25) is 0 Å². The molecule has 1 heterocycles. The zero-order chi connectivity index (χ0) is 14.1. The van der Waals surface area contributed by atoms with E-state index in [1.807, 2.05) is 12.1 Å². The third-order valence-corrected chi connectivity index (χ3v) is 3.90. The normalized spacial score (nSPS) is 13.3. The molecular weight excluding hydrogens is 323 g/mol. The van der Waals surface area contributed by atoms with E-state index in [1.54, 1.807) is 18.2 Å². The van der Waals surface area contributed by atoms with E-state index in [9.17, 15) is 9.18 Å². The van der Waals surface area contributed by atoms with E-state index in [0.29, 0.717) is 24.3 Å². The first-order valence-electron chi connectivity index (χ1n) is 6.30. The van der Waals surface area contributed by atoms with Gasteiger partial charge in [-0.15, -0.1) is 0 Å². The van der Waals surface area contributed by atoms with E-state index in [4.69, 9.17) is 4.74 Å². The number of carbonyl (C=O) groups is 1. The molecule has 0 fully saturated rings. The number of hydrogen-bond acceptors (Lipinski definition) is 2. The van der Waals surface area contributed by atoms with Gasteiger partial charge in [0.05, 0.1) is 13.2 Å². The van der Waals surface area contributed by atoms with Gasteiger partial charge in [-0.3, -0.25) is 4.79 Å². The number of ketones is 1. The van der Waals surface area contributed by atoms with Crippen molar-refractivity contribution in [3.05, 3.63) is 68.9 Å². The summed E-state index contributed by atoms with van der Waals surface area (Å²) in [7, 11) is 0. The van der Waals surface area contributed by atoms with Gasteiger partial charge in [-0.25, -0.2) is 4.39 Å². The van der Waals surface area contributed by atoms with E-state index in [2.05, 4.69) is 15.9 Å². The summed E-state index contributed by atoms with van der Waals surface area (Å²) >= 11 is 3.29. The van der Waals surface area contributed by atoms with E-state index >= 15 is 0 Å². The molecule has 0 bridgehead atoms. The second-order valence-electron chi connectivity index (χ2n) is 4.81. The summed E-state index contributed by atoms with van der Waals surface area (Å²) in [5, 5.41) is 0. The smallest absolute Gasteiger partial charge is 0.167 e. The van der Waals surface area contributed by atoms with Gasteiger partial charge in [0.15, 0.2) is 5.78 Å². The molecule has 0 saturated heterocycles. The summed E-state index contributed by atoms with van der Waals surface area (Å²) in [4.78, 5) is 12.3. The van der Waals surface area contributed by atoms with Crippen LogP contribution >= 0.6 is 15.9 Å². The number of fused-ring (bicyclic) bond motifs is 1. The minimum atomic E-state index is -0.356. The van der Waals surface area contributed by atoms with Crippen molar-refractivity contribution in [1.29, 1.82) is 0 Å². The van der Waals surface area contributed by atoms with Gasteiger partial charge in [-0.05, 0) is 41.0 Å². The summed E-state index contributed by atoms with van der Waals surface area (Å²) in [5.41, 5.74) is 3.18. The Morgan fingerprint density at radius 2 is 1.95 bits per heavy atom. The molecule has 0 N–H and O–H groups in total. The fourth-order valence-electron chi connectivity index (χ4n) is 2.30. The zero-order valence-electron chi connectivity index (χ0n) is 10.7. The maximum absolute atomic E-state index is 13.7. The van der Waals surface area contributed by atoms with Crippen LogP contribution in [0, 0.1) is 5.82 Å². The zero-order valence-corrected chi connectivity index (χ0v) is 12.2. The molecule has 0 amide bonds. The molecule has 1 aliphatic heterocycles. The Hall–Kier alpha value is -1.52. The van der Waals surface area contributed by atoms with Crippen molar-refractivity contribution in [3.63, 3.8) is 0 Å². The molecule has 4 heteroatoms. The average Bonchev–Trinajstić information content (AvgIpc) is 2.90. The van der Waals surface area contributed by atoms with Crippen LogP contribution in [0.25, 0.3) is 0 Å². The van der Waals surface area contributed by atoms with Crippen LogP contribution in [0.15, 0.2) is 40.9 Å². The van der Waals surface area contributed by atoms with Gasteiger partial charge in [-0.2, -0.15) is 0 Å². The average molecular weight is 335 g/mol. The predicted molar refractivity (Wildman–Crippen MR) is 77.1 cm³/mol. The van der Waals surface area contributed by atoms with Crippen molar-refractivity contribution in [2.45, 2.75) is 19.6 Å². The highest BCUT2D eigenvalue weighted by Gasteiger charge is 2.16. The van der Waals surface area contributed by atoms with Crippen LogP contribution in [0.4, 0.5) is 4.39 Å². The van der Waals surface area contributed by atoms with Crippen molar-refractivity contribution in [2.75, 3.05) is 0 Å². The van der Waals surface area contributed by atoms with E-state index in [1.165, 1.54) is 6.07 Å². The minimum absolute atomic E-state index is 0.0604. The van der Waals surface area contributed by atoms with E-state index in [0.717, 1.165) is 15.6 Å². The fraction of sp³-hybridized carbons (Fsp3) is 0.188. The summed E-state index contributed by atoms with van der Waals surface area (Å²) in [6.45, 7) is 1.14. The lowest BCUT2D eigenvalue weighted by atomic mass is 9.99. The molecule has 0 radical (unpaired) electrons. The first-order chi connectivity index (χ1) is 9.63. The summed E-state index contributed by atoms with van der Waals surface area (Å²) in [6.07, 6.45) is 0.0604. The lowest BCUT2D eigenvalue weighted by Gasteiger charge is -2.05. The van der Waals surface area contributed by atoms with Crippen molar-refractivity contribution >= 4 is 21.7 Å². The molecule has 1 aliphatic rings. The molecule has 2 nitrogen and oxygen atoms in total. The van der Waals surface area contributed by atoms with Gasteiger partial charge in [0, 0.05) is 16.5 Å². The number of Topliss-reactive ketones (excluding diaryl/α,β-unsaturated/α-hetero) is 1. The maximum atomic E-state index is 13.7. The lowest BCUT2D eigenvalue weighted by Crippen LogP contribution is -2.06. The minimum Gasteiger partial charge on any atom is -0.372 e. The van der Waals surface area contributed by atoms with Crippen LogP contribution in [0.1, 0.15) is 27.0 Å². The summed E-state index contributed by atoms with van der Waals surface area (Å²) in [6, 6.07) is 10.2. The van der Waals surface area contributed by atoms with Crippen LogP contribution in [-0.2, 0) is 24.4 Å². The standard InChI is InChI=1S/C16H12BrFO2/c17-14-3-4-15(18)12(6-14)7-16(19)10-1-2-11-8-20-9-13(11)5-10/h1-6H,7-9H2. The molecule has 0 spiro atoms. The Morgan fingerprint density at radius 3 is 2.80 bits per heavy atom. The molecule has 2 aromatic rings. The Morgan fingerprint density at radius 1 is 1.15 bits per heavy atom. The summed E-state index contributed by atoms with van der Waals surface area (Å²) < 4.78 is 19.8. The van der Waals surface area contributed by atoms with Gasteiger partial charge >= 0.3 is 0 Å². The second-order valence-corrected chi connectivity index (χ2v) is 5.73. The Kier molecular flexibility index (Phi) is 3.68. The number of hydrogen-bond donors (Lipinski definition) is 0. The predicted octanol–water partition coefficient (Wildman–Crippen LogP) is 4.04. The van der Waals surface area contributed by atoms with Crippen molar-refractivity contribution in [3.8, 4) is 0 Å². The number of halogens is 2. The molecular formula is C16H12BrFO2. The molecule has 0 aliphatic carbocycles. The molecule has 102 valence electrons. The first kappa shape index (κ1) is 13.5. The van der Waals surface area contributed by atoms with Crippen molar-refractivity contribution in [2.24, 2.45) is 0 Å². The number of rotatable bonds is 3. The molecule has 0 aromatic heterocycles. The van der Waals surface area contributed by atoms with Crippen LogP contribution in [-0.4, -0.2) is 5.78 Å². The topological polar surface area (TPSA) is 26.3 Å². The number of benzene rings is 2. The molecule has 2 aromatic carbocycles. The monoisotopic (exact) mass is 334 g/mol. The molecule has 3 rings (SSSR count). The quantitative estimate of drug-likeness (QED) is 0.791. The Bertz CT molecular complexity index is 682. The first-order valence-corrected chi connectivity index (χ1v) is 7.09. The molecule has 0 unspecified atom stereocenters. The maximum Gasteiger partial charge on any atom is 0.167 e. The molecule has 0 saturated carbocycles. The highest BCUT2D eigenvalue weighted by molar-refractivity contribution is 9.10. The van der Waals surface area contributed by atoms with Gasteiger partial charge in [0.25, 0.3) is 0 Å². The Balaban J connectivity index is 1.84. The van der Waals surface area contributed by atoms with Crippen LogP contribution in [0.5, 0.6) is 0 Å². The second kappa shape index (κ2) is 5.46. The number of ether oxygens (including phenoxy) is 1. The highest BCUT2D eigenvalue weighted by Crippen LogP contribution is 2.22. The number of carbonyl (C=O) groups excluding carboxylic acids is 1.